The molecule has 2 fully saturated rings. The highest BCUT2D eigenvalue weighted by atomic mass is 16.6. The SMILES string of the molecule is CC(C)(C)OC(=O)NC1CCC(OC2=CC=C3c4ncnc(N)c4C(C)(C)CC3C2=C2CC2C#N)CC1. The van der Waals surface area contributed by atoms with Crippen molar-refractivity contribution in [2.24, 2.45) is 11.8 Å². The summed E-state index contributed by atoms with van der Waals surface area (Å²) >= 11 is 0. The molecule has 1 aromatic heterocycles. The second-order valence-corrected chi connectivity index (χ2v) is 12.3. The number of nitrogen functional groups attached to an aromatic ring is 1. The average molecular weight is 504 g/mol. The normalized spacial score (nSPS) is 30.1. The van der Waals surface area contributed by atoms with Crippen LogP contribution in [0.15, 0.2) is 35.4 Å². The van der Waals surface area contributed by atoms with E-state index in [-0.39, 0.29) is 35.5 Å². The fourth-order valence-electron chi connectivity index (χ4n) is 6.10. The lowest BCUT2D eigenvalue weighted by Crippen LogP contribution is -2.42. The molecule has 3 N–H and O–H groups in total. The summed E-state index contributed by atoms with van der Waals surface area (Å²) in [6, 6.07) is 2.53. The number of amides is 1. The van der Waals surface area contributed by atoms with Gasteiger partial charge in [0.2, 0.25) is 0 Å². The number of hydrogen-bond acceptors (Lipinski definition) is 7. The molecule has 4 aliphatic rings. The molecule has 0 bridgehead atoms. The van der Waals surface area contributed by atoms with Crippen molar-refractivity contribution in [3.05, 3.63) is 46.6 Å². The van der Waals surface area contributed by atoms with Gasteiger partial charge in [-0.1, -0.05) is 19.9 Å². The van der Waals surface area contributed by atoms with E-state index in [1.165, 1.54) is 11.9 Å². The molecule has 8 nitrogen and oxygen atoms in total. The number of hydrogen-bond donors (Lipinski definition) is 2. The zero-order valence-electron chi connectivity index (χ0n) is 22.4. The maximum atomic E-state index is 12.2. The topological polar surface area (TPSA) is 123 Å². The van der Waals surface area contributed by atoms with Gasteiger partial charge in [-0.3, -0.25) is 0 Å². The zero-order chi connectivity index (χ0) is 26.5. The molecule has 0 spiro atoms. The third kappa shape index (κ3) is 5.09. The van der Waals surface area contributed by atoms with Crippen LogP contribution in [0, 0.1) is 23.2 Å². The summed E-state index contributed by atoms with van der Waals surface area (Å²) in [6.45, 7) is 9.98. The van der Waals surface area contributed by atoms with Crippen molar-refractivity contribution in [2.45, 2.75) is 96.3 Å². The van der Waals surface area contributed by atoms with E-state index in [0.29, 0.717) is 5.82 Å². The Morgan fingerprint density at radius 3 is 2.57 bits per heavy atom. The van der Waals surface area contributed by atoms with Crippen LogP contribution in [0.25, 0.3) is 5.57 Å². The molecule has 37 heavy (non-hydrogen) atoms. The first kappa shape index (κ1) is 25.3. The molecule has 2 saturated carbocycles. The monoisotopic (exact) mass is 503 g/mol. The molecular weight excluding hydrogens is 466 g/mol. The standard InChI is InChI=1S/C29H37N5O3/c1-28(2,3)37-27(35)34-17-6-8-18(9-7-17)36-22-11-10-19-21(23(22)20-12-16(20)14-30)13-29(4,5)24-25(19)32-15-33-26(24)31/h10-11,15-18,21H,6-9,12-13H2,1-5H3,(H,34,35)(H2,31,32,33). The van der Waals surface area contributed by atoms with Crippen LogP contribution in [0.2, 0.25) is 0 Å². The van der Waals surface area contributed by atoms with Crippen molar-refractivity contribution in [1.29, 1.82) is 5.26 Å². The quantitative estimate of drug-likeness (QED) is 0.571. The van der Waals surface area contributed by atoms with E-state index in [1.54, 1.807) is 0 Å². The number of anilines is 1. The lowest BCUT2D eigenvalue weighted by molar-refractivity contribution is 0.0428. The average Bonchev–Trinajstić information content (AvgIpc) is 3.58. The van der Waals surface area contributed by atoms with Gasteiger partial charge in [-0.05, 0) is 81.9 Å². The van der Waals surface area contributed by atoms with Crippen molar-refractivity contribution in [1.82, 2.24) is 15.3 Å². The number of fused-ring (bicyclic) bond motifs is 3. The van der Waals surface area contributed by atoms with Crippen molar-refractivity contribution in [3.63, 3.8) is 0 Å². The summed E-state index contributed by atoms with van der Waals surface area (Å²) in [4.78, 5) is 21.1. The maximum absolute atomic E-state index is 12.2. The summed E-state index contributed by atoms with van der Waals surface area (Å²) in [5.74, 6) is 1.48. The van der Waals surface area contributed by atoms with Crippen molar-refractivity contribution in [3.8, 4) is 6.07 Å². The van der Waals surface area contributed by atoms with Crippen LogP contribution in [0.5, 0.6) is 0 Å². The van der Waals surface area contributed by atoms with Crippen LogP contribution < -0.4 is 11.1 Å². The number of carbonyl (C=O) groups is 1. The first-order valence-corrected chi connectivity index (χ1v) is 13.3. The van der Waals surface area contributed by atoms with Gasteiger partial charge in [0.15, 0.2) is 0 Å². The molecule has 0 aromatic carbocycles. The summed E-state index contributed by atoms with van der Waals surface area (Å²) in [7, 11) is 0. The van der Waals surface area contributed by atoms with E-state index >= 15 is 0 Å². The Balaban J connectivity index is 1.36. The van der Waals surface area contributed by atoms with Gasteiger partial charge in [-0.2, -0.15) is 5.26 Å². The molecule has 4 aliphatic carbocycles. The third-order valence-electron chi connectivity index (χ3n) is 7.82. The molecule has 1 heterocycles. The van der Waals surface area contributed by atoms with Crippen molar-refractivity contribution < 1.29 is 14.3 Å². The Labute approximate surface area is 219 Å². The highest BCUT2D eigenvalue weighted by molar-refractivity contribution is 5.80. The number of alkyl carbamates (subject to hydrolysis) is 1. The highest BCUT2D eigenvalue weighted by Crippen LogP contribution is 2.56. The number of nitriles is 1. The zero-order valence-corrected chi connectivity index (χ0v) is 22.4. The molecule has 2 unspecified atom stereocenters. The van der Waals surface area contributed by atoms with E-state index in [2.05, 4.69) is 41.3 Å². The minimum atomic E-state index is -0.510. The van der Waals surface area contributed by atoms with E-state index in [0.717, 1.165) is 66.7 Å². The van der Waals surface area contributed by atoms with Crippen LogP contribution in [0.3, 0.4) is 0 Å². The maximum Gasteiger partial charge on any atom is 0.407 e. The van der Waals surface area contributed by atoms with Gasteiger partial charge in [0.25, 0.3) is 0 Å². The van der Waals surface area contributed by atoms with Gasteiger partial charge in [0.1, 0.15) is 23.5 Å². The van der Waals surface area contributed by atoms with Crippen LogP contribution >= 0.6 is 0 Å². The van der Waals surface area contributed by atoms with Crippen molar-refractivity contribution >= 4 is 17.5 Å². The Hall–Kier alpha value is -3.34. The second kappa shape index (κ2) is 9.20. The predicted molar refractivity (Wildman–Crippen MR) is 141 cm³/mol. The van der Waals surface area contributed by atoms with Gasteiger partial charge in [0.05, 0.1) is 23.8 Å². The Morgan fingerprint density at radius 2 is 1.92 bits per heavy atom. The van der Waals surface area contributed by atoms with Gasteiger partial charge < -0.3 is 20.5 Å². The van der Waals surface area contributed by atoms with Crippen LogP contribution in [-0.4, -0.2) is 33.8 Å². The van der Waals surface area contributed by atoms with Crippen LogP contribution in [-0.2, 0) is 14.9 Å². The molecule has 5 rings (SSSR count). The number of nitrogens with one attached hydrogen (secondary N) is 1. The number of allylic oxidation sites excluding steroid dienone is 5. The molecule has 0 radical (unpaired) electrons. The van der Waals surface area contributed by atoms with Gasteiger partial charge in [-0.25, -0.2) is 14.8 Å². The lowest BCUT2D eigenvalue weighted by Gasteiger charge is -2.42. The summed E-state index contributed by atoms with van der Waals surface area (Å²) in [5, 5.41) is 12.6. The molecule has 2 atom stereocenters. The van der Waals surface area contributed by atoms with Gasteiger partial charge in [0, 0.05) is 23.1 Å². The number of aromatic nitrogens is 2. The van der Waals surface area contributed by atoms with Crippen LogP contribution in [0.4, 0.5) is 10.6 Å². The van der Waals surface area contributed by atoms with E-state index in [9.17, 15) is 10.1 Å². The minimum Gasteiger partial charge on any atom is -0.490 e. The molecule has 1 amide bonds. The van der Waals surface area contributed by atoms with E-state index in [1.807, 2.05) is 26.8 Å². The first-order chi connectivity index (χ1) is 17.5. The van der Waals surface area contributed by atoms with Crippen LogP contribution in [0.1, 0.15) is 84.4 Å². The minimum absolute atomic E-state index is 0.0462. The molecule has 0 saturated heterocycles. The van der Waals surface area contributed by atoms with Crippen molar-refractivity contribution in [2.75, 3.05) is 5.73 Å². The first-order valence-electron chi connectivity index (χ1n) is 13.3. The smallest absolute Gasteiger partial charge is 0.407 e. The molecule has 1 aromatic rings. The number of nitrogens with zero attached hydrogens (tertiary/aromatic N) is 3. The number of rotatable bonds is 3. The molecule has 8 heteroatoms. The molecule has 0 aliphatic heterocycles. The second-order valence-electron chi connectivity index (χ2n) is 12.3. The predicted octanol–water partition coefficient (Wildman–Crippen LogP) is 5.33. The lowest BCUT2D eigenvalue weighted by atomic mass is 9.64. The highest BCUT2D eigenvalue weighted by Gasteiger charge is 2.46. The summed E-state index contributed by atoms with van der Waals surface area (Å²) in [6.07, 6.45) is 10.4. The largest absolute Gasteiger partial charge is 0.490 e. The van der Waals surface area contributed by atoms with E-state index in [4.69, 9.17) is 15.2 Å². The molecular formula is C29H37N5O3. The Kier molecular flexibility index (Phi) is 6.29. The Bertz CT molecular complexity index is 1240. The van der Waals surface area contributed by atoms with E-state index < -0.39 is 5.60 Å². The summed E-state index contributed by atoms with van der Waals surface area (Å²) in [5.41, 5.74) is 11.0. The third-order valence-corrected chi connectivity index (χ3v) is 7.82. The Morgan fingerprint density at radius 1 is 1.19 bits per heavy atom. The fourth-order valence-corrected chi connectivity index (χ4v) is 6.10. The number of carbonyl (C=O) groups excluding carboxylic acids is 1. The van der Waals surface area contributed by atoms with Gasteiger partial charge >= 0.3 is 6.09 Å². The van der Waals surface area contributed by atoms with Gasteiger partial charge in [-0.15, -0.1) is 0 Å². The molecule has 196 valence electrons. The fraction of sp³-hybridized carbons (Fsp3) is 0.586. The summed E-state index contributed by atoms with van der Waals surface area (Å²) < 4.78 is 12.1. The number of nitrogens with two attached hydrogens (primary N) is 1. The number of ether oxygens (including phenoxy) is 2.